The molecule has 82 valence electrons. The van der Waals surface area contributed by atoms with E-state index in [0.29, 0.717) is 18.2 Å². The summed E-state index contributed by atoms with van der Waals surface area (Å²) in [5, 5.41) is 15.8. The average Bonchev–Trinajstić information content (AvgIpc) is 2.57. The topological polar surface area (TPSA) is 67.2 Å². The number of carbonyl (C=O) groups is 1. The van der Waals surface area contributed by atoms with Gasteiger partial charge in [-0.1, -0.05) is 0 Å². The molecule has 0 atom stereocenters. The zero-order valence-electron chi connectivity index (χ0n) is 8.68. The van der Waals surface area contributed by atoms with E-state index in [1.54, 1.807) is 24.0 Å². The predicted molar refractivity (Wildman–Crippen MR) is 54.3 cm³/mol. The zero-order valence-corrected chi connectivity index (χ0v) is 8.68. The van der Waals surface area contributed by atoms with Gasteiger partial charge in [0.05, 0.1) is 6.10 Å². The molecule has 1 saturated carbocycles. The summed E-state index contributed by atoms with van der Waals surface area (Å²) in [7, 11) is 1.74. The van der Waals surface area contributed by atoms with Crippen LogP contribution < -0.4 is 5.32 Å². The average molecular weight is 209 g/mol. The second-order valence-electron chi connectivity index (χ2n) is 4.04. The van der Waals surface area contributed by atoms with Crippen LogP contribution in [0.1, 0.15) is 23.3 Å². The van der Waals surface area contributed by atoms with Gasteiger partial charge in [-0.2, -0.15) is 5.10 Å². The van der Waals surface area contributed by atoms with Crippen molar-refractivity contribution in [3.8, 4) is 0 Å². The number of hydrogen-bond acceptors (Lipinski definition) is 3. The van der Waals surface area contributed by atoms with Crippen LogP contribution in [0.3, 0.4) is 0 Å². The van der Waals surface area contributed by atoms with Gasteiger partial charge in [-0.15, -0.1) is 0 Å². The highest BCUT2D eigenvalue weighted by Gasteiger charge is 2.27. The van der Waals surface area contributed by atoms with Gasteiger partial charge >= 0.3 is 0 Å². The van der Waals surface area contributed by atoms with Gasteiger partial charge < -0.3 is 10.4 Å². The number of aromatic nitrogens is 2. The predicted octanol–water partition coefficient (Wildman–Crippen LogP) is -0.0792. The molecule has 0 bridgehead atoms. The number of aliphatic hydroxyl groups is 1. The van der Waals surface area contributed by atoms with Crippen LogP contribution in [0.5, 0.6) is 0 Å². The Hall–Kier alpha value is -1.36. The Morgan fingerprint density at radius 1 is 1.73 bits per heavy atom. The maximum Gasteiger partial charge on any atom is 0.269 e. The summed E-state index contributed by atoms with van der Waals surface area (Å²) >= 11 is 0. The standard InChI is InChI=1S/C10H15N3O2/c1-13-9(2-3-12-13)10(15)11-6-7-4-8(14)5-7/h2-3,7-8,14H,4-6H2,1H3,(H,11,15). The number of nitrogens with one attached hydrogen (secondary N) is 1. The quantitative estimate of drug-likeness (QED) is 0.731. The van der Waals surface area contributed by atoms with Crippen LogP contribution >= 0.6 is 0 Å². The Kier molecular flexibility index (Phi) is 2.73. The molecule has 5 nitrogen and oxygen atoms in total. The lowest BCUT2D eigenvalue weighted by Crippen LogP contribution is -2.38. The molecular formula is C10H15N3O2. The molecule has 0 spiro atoms. The van der Waals surface area contributed by atoms with Crippen molar-refractivity contribution < 1.29 is 9.90 Å². The van der Waals surface area contributed by atoms with Crippen LogP contribution in [0.25, 0.3) is 0 Å². The van der Waals surface area contributed by atoms with Gasteiger partial charge in [0.2, 0.25) is 0 Å². The highest BCUT2D eigenvalue weighted by atomic mass is 16.3. The third kappa shape index (κ3) is 2.18. The lowest BCUT2D eigenvalue weighted by atomic mass is 9.82. The van der Waals surface area contributed by atoms with E-state index in [1.807, 2.05) is 0 Å². The summed E-state index contributed by atoms with van der Waals surface area (Å²) < 4.78 is 1.55. The summed E-state index contributed by atoms with van der Waals surface area (Å²) in [6.07, 6.45) is 3.03. The maximum absolute atomic E-state index is 11.6. The van der Waals surface area contributed by atoms with E-state index in [0.717, 1.165) is 12.8 Å². The Bertz CT molecular complexity index is 355. The van der Waals surface area contributed by atoms with Gasteiger partial charge in [0.25, 0.3) is 5.91 Å². The van der Waals surface area contributed by atoms with Crippen molar-refractivity contribution in [3.05, 3.63) is 18.0 Å². The number of aryl methyl sites for hydroxylation is 1. The molecule has 0 aliphatic heterocycles. The largest absolute Gasteiger partial charge is 0.393 e. The van der Waals surface area contributed by atoms with E-state index >= 15 is 0 Å². The number of rotatable bonds is 3. The van der Waals surface area contributed by atoms with Crippen molar-refractivity contribution in [2.45, 2.75) is 18.9 Å². The highest BCUT2D eigenvalue weighted by molar-refractivity contribution is 5.92. The molecule has 1 fully saturated rings. The summed E-state index contributed by atoms with van der Waals surface area (Å²) in [6.45, 7) is 0.640. The van der Waals surface area contributed by atoms with Crippen LogP contribution in [0.15, 0.2) is 12.3 Å². The van der Waals surface area contributed by atoms with Crippen molar-refractivity contribution in [2.75, 3.05) is 6.54 Å². The first-order valence-electron chi connectivity index (χ1n) is 5.11. The Labute approximate surface area is 88.1 Å². The van der Waals surface area contributed by atoms with Gasteiger partial charge in [0.1, 0.15) is 5.69 Å². The van der Waals surface area contributed by atoms with Crippen molar-refractivity contribution in [1.82, 2.24) is 15.1 Å². The SMILES string of the molecule is Cn1nccc1C(=O)NCC1CC(O)C1. The first-order chi connectivity index (χ1) is 7.16. The molecule has 1 aromatic rings. The minimum Gasteiger partial charge on any atom is -0.393 e. The van der Waals surface area contributed by atoms with Gasteiger partial charge in [0.15, 0.2) is 0 Å². The van der Waals surface area contributed by atoms with Gasteiger partial charge in [-0.3, -0.25) is 9.48 Å². The van der Waals surface area contributed by atoms with Crippen LogP contribution in [0.2, 0.25) is 0 Å². The van der Waals surface area contributed by atoms with E-state index in [9.17, 15) is 4.79 Å². The fraction of sp³-hybridized carbons (Fsp3) is 0.600. The summed E-state index contributed by atoms with van der Waals surface area (Å²) in [4.78, 5) is 11.6. The third-order valence-electron chi connectivity index (χ3n) is 2.82. The van der Waals surface area contributed by atoms with Crippen molar-refractivity contribution in [2.24, 2.45) is 13.0 Å². The normalized spacial score (nSPS) is 24.7. The van der Waals surface area contributed by atoms with Crippen LogP contribution in [0.4, 0.5) is 0 Å². The first kappa shape index (κ1) is 10.2. The van der Waals surface area contributed by atoms with E-state index in [4.69, 9.17) is 5.11 Å². The summed E-state index contributed by atoms with van der Waals surface area (Å²) in [5.74, 6) is 0.327. The molecule has 0 aromatic carbocycles. The zero-order chi connectivity index (χ0) is 10.8. The van der Waals surface area contributed by atoms with Crippen LogP contribution in [-0.4, -0.2) is 33.4 Å². The van der Waals surface area contributed by atoms with Gasteiger partial charge in [-0.05, 0) is 24.8 Å². The molecule has 1 heterocycles. The van der Waals surface area contributed by atoms with Crippen molar-refractivity contribution in [1.29, 1.82) is 0 Å². The van der Waals surface area contributed by atoms with E-state index in [-0.39, 0.29) is 12.0 Å². The number of aliphatic hydroxyl groups excluding tert-OH is 1. The molecular weight excluding hydrogens is 194 g/mol. The maximum atomic E-state index is 11.6. The number of hydrogen-bond donors (Lipinski definition) is 2. The molecule has 0 unspecified atom stereocenters. The molecule has 1 aliphatic carbocycles. The smallest absolute Gasteiger partial charge is 0.269 e. The molecule has 1 aliphatic rings. The van der Waals surface area contributed by atoms with Crippen molar-refractivity contribution >= 4 is 5.91 Å². The van der Waals surface area contributed by atoms with Crippen LogP contribution in [0, 0.1) is 5.92 Å². The summed E-state index contributed by atoms with van der Waals surface area (Å²) in [6, 6.07) is 1.69. The Morgan fingerprint density at radius 2 is 2.47 bits per heavy atom. The fourth-order valence-electron chi connectivity index (χ4n) is 1.79. The molecule has 15 heavy (non-hydrogen) atoms. The van der Waals surface area contributed by atoms with Crippen LogP contribution in [-0.2, 0) is 7.05 Å². The van der Waals surface area contributed by atoms with E-state index in [1.165, 1.54) is 0 Å². The third-order valence-corrected chi connectivity index (χ3v) is 2.82. The minimum atomic E-state index is -0.163. The van der Waals surface area contributed by atoms with Gasteiger partial charge in [-0.25, -0.2) is 0 Å². The number of carbonyl (C=O) groups excluding carboxylic acids is 1. The molecule has 2 N–H and O–H groups in total. The number of amides is 1. The molecule has 2 rings (SSSR count). The first-order valence-corrected chi connectivity index (χ1v) is 5.11. The molecule has 0 radical (unpaired) electrons. The molecule has 5 heteroatoms. The summed E-state index contributed by atoms with van der Waals surface area (Å²) in [5.41, 5.74) is 0.565. The highest BCUT2D eigenvalue weighted by Crippen LogP contribution is 2.26. The Balaban J connectivity index is 1.80. The van der Waals surface area contributed by atoms with Gasteiger partial charge in [0, 0.05) is 19.8 Å². The minimum absolute atomic E-state index is 0.101. The monoisotopic (exact) mass is 209 g/mol. The second kappa shape index (κ2) is 4.02. The van der Waals surface area contributed by atoms with Crippen molar-refractivity contribution in [3.63, 3.8) is 0 Å². The van der Waals surface area contributed by atoms with E-state index < -0.39 is 0 Å². The molecule has 0 saturated heterocycles. The number of nitrogens with zero attached hydrogens (tertiary/aromatic N) is 2. The fourth-order valence-corrected chi connectivity index (χ4v) is 1.79. The Morgan fingerprint density at radius 3 is 3.00 bits per heavy atom. The lowest BCUT2D eigenvalue weighted by Gasteiger charge is -2.31. The molecule has 1 amide bonds. The molecule has 1 aromatic heterocycles. The lowest BCUT2D eigenvalue weighted by molar-refractivity contribution is 0.0419. The van der Waals surface area contributed by atoms with E-state index in [2.05, 4.69) is 10.4 Å². The second-order valence-corrected chi connectivity index (χ2v) is 4.04.